The molecule has 0 bridgehead atoms. The zero-order chi connectivity index (χ0) is 17.7. The van der Waals surface area contributed by atoms with Crippen LogP contribution in [0, 0.1) is 13.8 Å². The van der Waals surface area contributed by atoms with Gasteiger partial charge in [0.25, 0.3) is 0 Å². The van der Waals surface area contributed by atoms with Crippen LogP contribution in [-0.4, -0.2) is 20.2 Å². The van der Waals surface area contributed by atoms with Crippen LogP contribution in [0.1, 0.15) is 11.1 Å². The number of hydrogen-bond acceptors (Lipinski definition) is 2. The van der Waals surface area contributed by atoms with Crippen LogP contribution in [0.15, 0.2) is 60.7 Å². The van der Waals surface area contributed by atoms with Crippen molar-refractivity contribution >= 4 is 21.9 Å². The monoisotopic (exact) mass is 338 g/mol. The summed E-state index contributed by atoms with van der Waals surface area (Å²) in [5.41, 5.74) is 8.86. The molecule has 0 saturated carbocycles. The first-order valence-corrected chi connectivity index (χ1v) is 8.70. The SMILES string of the molecule is Cc1ccc(-c2ccc3nc(-c4[nH]nc5ccccc45)[nH]c3c2)cc1C. The van der Waals surface area contributed by atoms with Gasteiger partial charge in [-0.1, -0.05) is 42.5 Å². The molecule has 4 heteroatoms. The minimum absolute atomic E-state index is 0.811. The molecule has 26 heavy (non-hydrogen) atoms. The van der Waals surface area contributed by atoms with Crippen molar-refractivity contribution in [1.29, 1.82) is 0 Å². The first kappa shape index (κ1) is 14.9. The Labute approximate surface area is 150 Å². The highest BCUT2D eigenvalue weighted by Crippen LogP contribution is 2.29. The van der Waals surface area contributed by atoms with Gasteiger partial charge in [0.05, 0.1) is 16.6 Å². The quantitative estimate of drug-likeness (QED) is 0.453. The van der Waals surface area contributed by atoms with Crippen LogP contribution in [0.4, 0.5) is 0 Å². The van der Waals surface area contributed by atoms with Crippen molar-refractivity contribution in [3.8, 4) is 22.6 Å². The van der Waals surface area contributed by atoms with Gasteiger partial charge in [0.15, 0.2) is 5.82 Å². The van der Waals surface area contributed by atoms with E-state index in [9.17, 15) is 0 Å². The second kappa shape index (κ2) is 5.56. The van der Waals surface area contributed by atoms with E-state index in [1.807, 2.05) is 18.2 Å². The molecule has 2 aromatic heterocycles. The molecule has 0 radical (unpaired) electrons. The molecular formula is C22H18N4. The standard InChI is InChI=1S/C22H18N4/c1-13-7-8-15(11-14(13)2)16-9-10-19-20(12-16)24-22(23-19)21-17-5-3-4-6-18(17)25-26-21/h3-12H,1-2H3,(H,23,24)(H,25,26). The molecule has 0 atom stereocenters. The van der Waals surface area contributed by atoms with Gasteiger partial charge in [-0.15, -0.1) is 0 Å². The molecule has 0 aliphatic carbocycles. The van der Waals surface area contributed by atoms with Crippen LogP contribution in [-0.2, 0) is 0 Å². The highest BCUT2D eigenvalue weighted by atomic mass is 15.1. The van der Waals surface area contributed by atoms with Crippen LogP contribution in [0.25, 0.3) is 44.6 Å². The molecule has 0 unspecified atom stereocenters. The zero-order valence-electron chi connectivity index (χ0n) is 14.7. The molecule has 5 rings (SSSR count). The van der Waals surface area contributed by atoms with E-state index in [0.29, 0.717) is 0 Å². The predicted molar refractivity (Wildman–Crippen MR) is 106 cm³/mol. The average Bonchev–Trinajstić information content (AvgIpc) is 3.26. The van der Waals surface area contributed by atoms with Crippen LogP contribution < -0.4 is 0 Å². The Morgan fingerprint density at radius 2 is 1.58 bits per heavy atom. The third-order valence-corrected chi connectivity index (χ3v) is 5.02. The van der Waals surface area contributed by atoms with E-state index in [4.69, 9.17) is 4.98 Å². The lowest BCUT2D eigenvalue weighted by Crippen LogP contribution is -1.83. The topological polar surface area (TPSA) is 57.4 Å². The molecule has 2 heterocycles. The number of nitrogens with zero attached hydrogens (tertiary/aromatic N) is 2. The highest BCUT2D eigenvalue weighted by molar-refractivity contribution is 5.93. The highest BCUT2D eigenvalue weighted by Gasteiger charge is 2.12. The summed E-state index contributed by atoms with van der Waals surface area (Å²) >= 11 is 0. The van der Waals surface area contributed by atoms with Crippen LogP contribution >= 0.6 is 0 Å². The largest absolute Gasteiger partial charge is 0.337 e. The van der Waals surface area contributed by atoms with E-state index in [1.165, 1.54) is 22.3 Å². The minimum Gasteiger partial charge on any atom is -0.337 e. The molecule has 3 aromatic carbocycles. The molecule has 0 amide bonds. The summed E-state index contributed by atoms with van der Waals surface area (Å²) in [5, 5.41) is 8.54. The maximum atomic E-state index is 4.74. The fourth-order valence-corrected chi connectivity index (χ4v) is 3.37. The van der Waals surface area contributed by atoms with Crippen molar-refractivity contribution < 1.29 is 0 Å². The van der Waals surface area contributed by atoms with Crippen LogP contribution in [0.5, 0.6) is 0 Å². The van der Waals surface area contributed by atoms with E-state index < -0.39 is 0 Å². The zero-order valence-corrected chi connectivity index (χ0v) is 14.7. The number of rotatable bonds is 2. The number of para-hydroxylation sites is 1. The van der Waals surface area contributed by atoms with Gasteiger partial charge in [0.2, 0.25) is 0 Å². The third kappa shape index (κ3) is 2.30. The summed E-state index contributed by atoms with van der Waals surface area (Å²) in [6.07, 6.45) is 0. The fourth-order valence-electron chi connectivity index (χ4n) is 3.37. The van der Waals surface area contributed by atoms with Crippen LogP contribution in [0.2, 0.25) is 0 Å². The molecule has 2 N–H and O–H groups in total. The number of imidazole rings is 1. The van der Waals surface area contributed by atoms with Crippen molar-refractivity contribution in [3.05, 3.63) is 71.8 Å². The number of fused-ring (bicyclic) bond motifs is 2. The molecule has 0 aliphatic heterocycles. The van der Waals surface area contributed by atoms with E-state index in [-0.39, 0.29) is 0 Å². The number of aryl methyl sites for hydroxylation is 2. The summed E-state index contributed by atoms with van der Waals surface area (Å²) in [4.78, 5) is 8.19. The lowest BCUT2D eigenvalue weighted by Gasteiger charge is -2.05. The van der Waals surface area contributed by atoms with Gasteiger partial charge >= 0.3 is 0 Å². The Bertz CT molecular complexity index is 1260. The number of benzene rings is 3. The van der Waals surface area contributed by atoms with Crippen molar-refractivity contribution in [3.63, 3.8) is 0 Å². The Kier molecular flexibility index (Phi) is 3.19. The molecular weight excluding hydrogens is 320 g/mol. The van der Waals surface area contributed by atoms with Crippen molar-refractivity contribution in [2.24, 2.45) is 0 Å². The van der Waals surface area contributed by atoms with Gasteiger partial charge in [-0.25, -0.2) is 4.98 Å². The molecule has 126 valence electrons. The van der Waals surface area contributed by atoms with E-state index in [2.05, 4.69) is 71.5 Å². The minimum atomic E-state index is 0.811. The molecule has 0 saturated heterocycles. The summed E-state index contributed by atoms with van der Waals surface area (Å²) in [6.45, 7) is 4.28. The van der Waals surface area contributed by atoms with Crippen LogP contribution in [0.3, 0.4) is 0 Å². The Hall–Kier alpha value is -3.40. The normalized spacial score (nSPS) is 11.5. The molecule has 5 aromatic rings. The van der Waals surface area contributed by atoms with E-state index in [1.54, 1.807) is 0 Å². The number of H-pyrrole nitrogens is 2. The summed E-state index contributed by atoms with van der Waals surface area (Å²) in [6, 6.07) is 21.0. The second-order valence-electron chi connectivity index (χ2n) is 6.73. The first-order valence-electron chi connectivity index (χ1n) is 8.70. The Morgan fingerprint density at radius 1 is 0.769 bits per heavy atom. The second-order valence-corrected chi connectivity index (χ2v) is 6.73. The maximum absolute atomic E-state index is 4.74. The molecule has 0 spiro atoms. The maximum Gasteiger partial charge on any atom is 0.157 e. The lowest BCUT2D eigenvalue weighted by atomic mass is 10.0. The van der Waals surface area contributed by atoms with E-state index in [0.717, 1.165) is 33.5 Å². The fraction of sp³-hybridized carbons (Fsp3) is 0.0909. The van der Waals surface area contributed by atoms with Crippen molar-refractivity contribution in [2.75, 3.05) is 0 Å². The molecule has 0 aliphatic rings. The first-order chi connectivity index (χ1) is 12.7. The third-order valence-electron chi connectivity index (χ3n) is 5.02. The predicted octanol–water partition coefficient (Wildman–Crippen LogP) is 5.39. The summed E-state index contributed by atoms with van der Waals surface area (Å²) < 4.78 is 0. The number of nitrogens with one attached hydrogen (secondary N) is 2. The smallest absolute Gasteiger partial charge is 0.157 e. The molecule has 4 nitrogen and oxygen atoms in total. The van der Waals surface area contributed by atoms with E-state index >= 15 is 0 Å². The van der Waals surface area contributed by atoms with Gasteiger partial charge in [-0.3, -0.25) is 5.10 Å². The summed E-state index contributed by atoms with van der Waals surface area (Å²) in [7, 11) is 0. The Balaban J connectivity index is 1.63. The Morgan fingerprint density at radius 3 is 2.46 bits per heavy atom. The number of hydrogen-bond donors (Lipinski definition) is 2. The number of aromatic amines is 2. The average molecular weight is 338 g/mol. The van der Waals surface area contributed by atoms with Gasteiger partial charge in [-0.2, -0.15) is 5.10 Å². The van der Waals surface area contributed by atoms with Gasteiger partial charge in [0, 0.05) is 5.39 Å². The van der Waals surface area contributed by atoms with Crippen molar-refractivity contribution in [2.45, 2.75) is 13.8 Å². The lowest BCUT2D eigenvalue weighted by molar-refractivity contribution is 1.11. The van der Waals surface area contributed by atoms with Gasteiger partial charge < -0.3 is 4.98 Å². The molecule has 0 fully saturated rings. The summed E-state index contributed by atoms with van der Waals surface area (Å²) in [5.74, 6) is 0.811. The van der Waals surface area contributed by atoms with Gasteiger partial charge in [-0.05, 0) is 54.3 Å². The van der Waals surface area contributed by atoms with Gasteiger partial charge in [0.1, 0.15) is 5.69 Å². The van der Waals surface area contributed by atoms with Crippen molar-refractivity contribution in [1.82, 2.24) is 20.2 Å². The number of aromatic nitrogens is 4.